The van der Waals surface area contributed by atoms with Gasteiger partial charge in [0.05, 0.1) is 0 Å². The number of rotatable bonds is 2. The van der Waals surface area contributed by atoms with Crippen LogP contribution in [0.4, 0.5) is 0 Å². The summed E-state index contributed by atoms with van der Waals surface area (Å²) in [6, 6.07) is 11.7. The van der Waals surface area contributed by atoms with E-state index in [-0.39, 0.29) is 0 Å². The second-order valence-corrected chi connectivity index (χ2v) is 13.0. The Morgan fingerprint density at radius 1 is 0.588 bits per heavy atom. The van der Waals surface area contributed by atoms with Gasteiger partial charge >= 0.3 is 134 Å². The molecule has 0 unspecified atom stereocenters. The summed E-state index contributed by atoms with van der Waals surface area (Å²) in [5.74, 6) is 0. The third kappa shape index (κ3) is 3.75. The van der Waals surface area contributed by atoms with E-state index in [1.165, 1.54) is 6.14 Å². The van der Waals surface area contributed by atoms with Crippen LogP contribution < -0.4 is 6.14 Å². The first-order valence-electron chi connectivity index (χ1n) is 4.94. The molecule has 0 saturated heterocycles. The fourth-order valence-electron chi connectivity index (χ4n) is 1.53. The van der Waals surface area contributed by atoms with Crippen molar-refractivity contribution in [3.63, 3.8) is 0 Å². The molecule has 5 heteroatoms. The van der Waals surface area contributed by atoms with E-state index in [9.17, 15) is 0 Å². The molecule has 0 nitrogen and oxygen atoms in total. The Morgan fingerprint density at radius 3 is 1.35 bits per heavy atom. The second kappa shape index (κ2) is 6.12. The molecule has 2 rings (SSSR count). The monoisotopic (exact) mass is 492 g/mol. The van der Waals surface area contributed by atoms with Crippen molar-refractivity contribution in [3.8, 4) is 0 Å². The Labute approximate surface area is 132 Å². The third-order valence-electron chi connectivity index (χ3n) is 2.38. The average molecular weight is 493 g/mol. The molecule has 0 atom stereocenters. The Morgan fingerprint density at radius 2 is 1.00 bits per heavy atom. The molecule has 0 saturated carbocycles. The van der Waals surface area contributed by atoms with Gasteiger partial charge in [-0.1, -0.05) is 0 Å². The van der Waals surface area contributed by atoms with Crippen molar-refractivity contribution in [1.82, 2.24) is 0 Å². The van der Waals surface area contributed by atoms with E-state index >= 15 is 0 Å². The molecule has 2 aromatic carbocycles. The molecule has 0 aliphatic rings. The summed E-state index contributed by atoms with van der Waals surface area (Å²) >= 11 is 22.4. The first-order valence-corrected chi connectivity index (χ1v) is 11.9. The minimum absolute atomic E-state index is 0.595. The van der Waals surface area contributed by atoms with Crippen molar-refractivity contribution >= 4 is 52.5 Å². The van der Waals surface area contributed by atoms with Crippen molar-refractivity contribution < 1.29 is 24.6 Å². The summed E-state index contributed by atoms with van der Waals surface area (Å²) in [6.45, 7) is 0. The van der Waals surface area contributed by atoms with Crippen molar-refractivity contribution in [3.05, 3.63) is 56.5 Å². The van der Waals surface area contributed by atoms with Crippen molar-refractivity contribution in [2.45, 2.75) is 0 Å². The standard InChI is InChI=1S/2C6H3Cl2.Hg/c2*7-5-3-1-2-4-6(5)8;/h2*1,3-4H;. The van der Waals surface area contributed by atoms with Crippen LogP contribution in [0, 0.1) is 0 Å². The summed E-state index contributed by atoms with van der Waals surface area (Å²) in [6.07, 6.45) is 0. The maximum atomic E-state index is 5.99. The molecular formula is C12H6Cl4Hg. The molecule has 2 aromatic rings. The predicted octanol–water partition coefficient (Wildman–Crippen LogP) is 4.33. The van der Waals surface area contributed by atoms with Gasteiger partial charge in [-0.3, -0.25) is 0 Å². The molecule has 0 aliphatic carbocycles. The van der Waals surface area contributed by atoms with E-state index in [1.54, 1.807) is 0 Å². The van der Waals surface area contributed by atoms with Crippen LogP contribution in [-0.2, 0) is 24.6 Å². The van der Waals surface area contributed by atoms with E-state index in [0.29, 0.717) is 20.1 Å². The van der Waals surface area contributed by atoms with Crippen LogP contribution in [0.3, 0.4) is 0 Å². The van der Waals surface area contributed by atoms with E-state index in [0.717, 1.165) is 0 Å². The molecule has 84 valence electrons. The predicted molar refractivity (Wildman–Crippen MR) is 72.2 cm³/mol. The summed E-state index contributed by atoms with van der Waals surface area (Å²) in [5, 5.41) is 2.42. The summed E-state index contributed by atoms with van der Waals surface area (Å²) < 4.78 is 2.61. The second-order valence-electron chi connectivity index (χ2n) is 3.67. The fourth-order valence-corrected chi connectivity index (χ4v) is 9.23. The van der Waals surface area contributed by atoms with Crippen LogP contribution in [0.1, 0.15) is 0 Å². The molecule has 0 aromatic heterocycles. The summed E-state index contributed by atoms with van der Waals surface area (Å²) in [7, 11) is 0. The van der Waals surface area contributed by atoms with Gasteiger partial charge in [0.2, 0.25) is 0 Å². The molecule has 0 amide bonds. The van der Waals surface area contributed by atoms with Gasteiger partial charge < -0.3 is 0 Å². The SMILES string of the molecule is Clc1cc[c]([Hg][c]2ccc(Cl)c(Cl)c2)cc1Cl. The molecule has 0 fully saturated rings. The zero-order valence-corrected chi connectivity index (χ0v) is 17.2. The molecule has 17 heavy (non-hydrogen) atoms. The van der Waals surface area contributed by atoms with Crippen LogP contribution in [0.15, 0.2) is 36.4 Å². The summed E-state index contributed by atoms with van der Waals surface area (Å²) in [4.78, 5) is 0. The van der Waals surface area contributed by atoms with E-state index in [2.05, 4.69) is 0 Å². The van der Waals surface area contributed by atoms with Crippen LogP contribution in [0.5, 0.6) is 0 Å². The first kappa shape index (κ1) is 14.0. The topological polar surface area (TPSA) is 0 Å². The summed E-state index contributed by atoms with van der Waals surface area (Å²) in [5.41, 5.74) is 0. The van der Waals surface area contributed by atoms with Gasteiger partial charge in [0.1, 0.15) is 0 Å². The van der Waals surface area contributed by atoms with Gasteiger partial charge in [-0.2, -0.15) is 0 Å². The average Bonchev–Trinajstić information content (AvgIpc) is 2.29. The Hall–Kier alpha value is 0.535. The van der Waals surface area contributed by atoms with Gasteiger partial charge in [-0.05, 0) is 0 Å². The Bertz CT molecular complexity index is 505. The molecule has 0 bridgehead atoms. The Kier molecular flexibility index (Phi) is 5.02. The maximum absolute atomic E-state index is 5.99. The normalized spacial score (nSPS) is 10.1. The van der Waals surface area contributed by atoms with Crippen molar-refractivity contribution in [2.24, 2.45) is 0 Å². The van der Waals surface area contributed by atoms with Gasteiger partial charge in [-0.25, -0.2) is 0 Å². The van der Waals surface area contributed by atoms with Gasteiger partial charge in [0.25, 0.3) is 0 Å². The van der Waals surface area contributed by atoms with E-state index < -0.39 is 24.6 Å². The van der Waals surface area contributed by atoms with E-state index in [1.807, 2.05) is 36.4 Å². The Balaban J connectivity index is 2.25. The van der Waals surface area contributed by atoms with Crippen LogP contribution >= 0.6 is 46.4 Å². The zero-order valence-electron chi connectivity index (χ0n) is 8.68. The molecule has 0 spiro atoms. The fraction of sp³-hybridized carbons (Fsp3) is 0. The van der Waals surface area contributed by atoms with Crippen LogP contribution in [-0.4, -0.2) is 0 Å². The van der Waals surface area contributed by atoms with Gasteiger partial charge in [0.15, 0.2) is 0 Å². The van der Waals surface area contributed by atoms with Crippen LogP contribution in [0.2, 0.25) is 20.1 Å². The number of hydrogen-bond acceptors (Lipinski definition) is 0. The number of benzene rings is 2. The minimum atomic E-state index is -1.40. The van der Waals surface area contributed by atoms with E-state index in [4.69, 9.17) is 46.4 Å². The first-order chi connectivity index (χ1) is 8.06. The number of halogens is 4. The quantitative estimate of drug-likeness (QED) is 0.548. The molecule has 0 aliphatic heterocycles. The molecular weight excluding hydrogens is 487 g/mol. The number of hydrogen-bond donors (Lipinski definition) is 0. The van der Waals surface area contributed by atoms with Crippen LogP contribution in [0.25, 0.3) is 0 Å². The molecule has 0 N–H and O–H groups in total. The third-order valence-corrected chi connectivity index (χ3v) is 10.4. The van der Waals surface area contributed by atoms with Crippen molar-refractivity contribution in [2.75, 3.05) is 0 Å². The molecule has 0 heterocycles. The zero-order chi connectivity index (χ0) is 12.4. The van der Waals surface area contributed by atoms with Gasteiger partial charge in [0, 0.05) is 0 Å². The van der Waals surface area contributed by atoms with Gasteiger partial charge in [-0.15, -0.1) is 0 Å². The molecule has 0 radical (unpaired) electrons. The van der Waals surface area contributed by atoms with Crippen molar-refractivity contribution in [1.29, 1.82) is 0 Å².